The largest absolute Gasteiger partial charge is 0.493 e. The molecular formula is C15H20N2O2. The predicted molar refractivity (Wildman–Crippen MR) is 75.1 cm³/mol. The Kier molecular flexibility index (Phi) is 4.98. The van der Waals surface area contributed by atoms with Crippen LogP contribution in [-0.2, 0) is 6.54 Å². The number of hydrogen-bond acceptors (Lipinski definition) is 4. The Morgan fingerprint density at radius 3 is 2.89 bits per heavy atom. The molecule has 0 fully saturated rings. The van der Waals surface area contributed by atoms with Crippen molar-refractivity contribution in [3.05, 3.63) is 36.0 Å². The van der Waals surface area contributed by atoms with E-state index in [9.17, 15) is 0 Å². The zero-order valence-electron chi connectivity index (χ0n) is 11.5. The van der Waals surface area contributed by atoms with Crippen molar-refractivity contribution in [3.63, 3.8) is 0 Å². The fourth-order valence-corrected chi connectivity index (χ4v) is 1.78. The van der Waals surface area contributed by atoms with Gasteiger partial charge in [0.05, 0.1) is 17.9 Å². The lowest BCUT2D eigenvalue weighted by atomic mass is 10.1. The van der Waals surface area contributed by atoms with Gasteiger partial charge in [0.2, 0.25) is 0 Å². The molecule has 0 atom stereocenters. The molecule has 19 heavy (non-hydrogen) atoms. The van der Waals surface area contributed by atoms with Crippen LogP contribution in [0.2, 0.25) is 0 Å². The van der Waals surface area contributed by atoms with Crippen LogP contribution in [-0.4, -0.2) is 18.3 Å². The van der Waals surface area contributed by atoms with Crippen molar-refractivity contribution in [2.45, 2.75) is 26.8 Å². The van der Waals surface area contributed by atoms with E-state index >= 15 is 0 Å². The third kappa shape index (κ3) is 3.58. The lowest BCUT2D eigenvalue weighted by Crippen LogP contribution is -2.11. The molecule has 2 rings (SSSR count). The van der Waals surface area contributed by atoms with Gasteiger partial charge in [0, 0.05) is 12.6 Å². The summed E-state index contributed by atoms with van der Waals surface area (Å²) in [5.74, 6) is 1.59. The van der Waals surface area contributed by atoms with Crippen LogP contribution < -0.4 is 10.1 Å². The maximum absolute atomic E-state index is 5.73. The topological polar surface area (TPSA) is 47.3 Å². The molecule has 4 nitrogen and oxygen atoms in total. The van der Waals surface area contributed by atoms with Gasteiger partial charge >= 0.3 is 0 Å². The van der Waals surface area contributed by atoms with Crippen LogP contribution in [0.3, 0.4) is 0 Å². The van der Waals surface area contributed by atoms with Crippen molar-refractivity contribution in [1.82, 2.24) is 10.5 Å². The zero-order chi connectivity index (χ0) is 13.5. The highest BCUT2D eigenvalue weighted by molar-refractivity contribution is 5.65. The summed E-state index contributed by atoms with van der Waals surface area (Å²) in [6, 6.07) is 9.84. The molecule has 4 heteroatoms. The summed E-state index contributed by atoms with van der Waals surface area (Å²) in [6.07, 6.45) is 0.983. The van der Waals surface area contributed by atoms with Gasteiger partial charge in [-0.1, -0.05) is 31.1 Å². The van der Waals surface area contributed by atoms with Gasteiger partial charge in [-0.05, 0) is 25.1 Å². The van der Waals surface area contributed by atoms with Gasteiger partial charge < -0.3 is 14.6 Å². The van der Waals surface area contributed by atoms with E-state index in [2.05, 4.69) is 24.3 Å². The highest BCUT2D eigenvalue weighted by Gasteiger charge is 2.11. The second-order valence-corrected chi connectivity index (χ2v) is 4.31. The SMILES string of the molecule is CCCOc1ccccc1-c1cc(CNCC)no1. The van der Waals surface area contributed by atoms with Gasteiger partial charge in [0.25, 0.3) is 0 Å². The molecule has 1 aromatic heterocycles. The van der Waals surface area contributed by atoms with Gasteiger partial charge in [0.15, 0.2) is 5.76 Å². The van der Waals surface area contributed by atoms with E-state index in [1.807, 2.05) is 30.3 Å². The first-order valence-electron chi connectivity index (χ1n) is 6.73. The summed E-state index contributed by atoms with van der Waals surface area (Å²) < 4.78 is 11.1. The van der Waals surface area contributed by atoms with E-state index in [-0.39, 0.29) is 0 Å². The van der Waals surface area contributed by atoms with Gasteiger partial charge in [0.1, 0.15) is 5.75 Å². The first-order valence-corrected chi connectivity index (χ1v) is 6.73. The van der Waals surface area contributed by atoms with Crippen LogP contribution in [0.1, 0.15) is 26.0 Å². The average Bonchev–Trinajstić information content (AvgIpc) is 2.92. The molecule has 0 bridgehead atoms. The molecule has 0 aliphatic rings. The standard InChI is InChI=1S/C15H20N2O2/c1-3-9-18-14-8-6-5-7-13(14)15-10-12(17-19-15)11-16-4-2/h5-8,10,16H,3-4,9,11H2,1-2H3. The number of hydrogen-bond donors (Lipinski definition) is 1. The second kappa shape index (κ2) is 6.95. The van der Waals surface area contributed by atoms with Crippen LogP contribution in [0.5, 0.6) is 5.75 Å². The smallest absolute Gasteiger partial charge is 0.170 e. The highest BCUT2D eigenvalue weighted by atomic mass is 16.5. The van der Waals surface area contributed by atoms with E-state index in [1.165, 1.54) is 0 Å². The molecule has 102 valence electrons. The molecule has 0 spiro atoms. The Labute approximate surface area is 113 Å². The van der Waals surface area contributed by atoms with Crippen molar-refractivity contribution in [2.75, 3.05) is 13.2 Å². The molecular weight excluding hydrogens is 240 g/mol. The molecule has 0 radical (unpaired) electrons. The van der Waals surface area contributed by atoms with E-state index in [4.69, 9.17) is 9.26 Å². The predicted octanol–water partition coefficient (Wildman–Crippen LogP) is 3.24. The minimum absolute atomic E-state index is 0.704. The van der Waals surface area contributed by atoms with Crippen LogP contribution in [0, 0.1) is 0 Å². The molecule has 0 saturated carbocycles. The highest BCUT2D eigenvalue weighted by Crippen LogP contribution is 2.30. The van der Waals surface area contributed by atoms with E-state index < -0.39 is 0 Å². The Bertz CT molecular complexity index is 508. The van der Waals surface area contributed by atoms with Crippen molar-refractivity contribution >= 4 is 0 Å². The van der Waals surface area contributed by atoms with E-state index in [1.54, 1.807) is 0 Å². The van der Waals surface area contributed by atoms with Gasteiger partial charge in [-0.25, -0.2) is 0 Å². The van der Waals surface area contributed by atoms with E-state index in [0.29, 0.717) is 6.61 Å². The summed E-state index contributed by atoms with van der Waals surface area (Å²) in [7, 11) is 0. The minimum atomic E-state index is 0.704. The van der Waals surface area contributed by atoms with Gasteiger partial charge in [-0.15, -0.1) is 0 Å². The number of rotatable bonds is 7. The van der Waals surface area contributed by atoms with Crippen molar-refractivity contribution < 1.29 is 9.26 Å². The second-order valence-electron chi connectivity index (χ2n) is 4.31. The molecule has 0 aliphatic carbocycles. The van der Waals surface area contributed by atoms with Gasteiger partial charge in [-0.3, -0.25) is 0 Å². The lowest BCUT2D eigenvalue weighted by molar-refractivity contribution is 0.317. The molecule has 0 saturated heterocycles. The number of para-hydroxylation sites is 1. The van der Waals surface area contributed by atoms with Crippen molar-refractivity contribution in [1.29, 1.82) is 0 Å². The number of nitrogens with zero attached hydrogens (tertiary/aromatic N) is 1. The summed E-state index contributed by atoms with van der Waals surface area (Å²) in [4.78, 5) is 0. The summed E-state index contributed by atoms with van der Waals surface area (Å²) >= 11 is 0. The first-order chi connectivity index (χ1) is 9.35. The van der Waals surface area contributed by atoms with Gasteiger partial charge in [-0.2, -0.15) is 0 Å². The molecule has 2 aromatic rings. The third-order valence-electron chi connectivity index (χ3n) is 2.73. The quantitative estimate of drug-likeness (QED) is 0.830. The van der Waals surface area contributed by atoms with Crippen LogP contribution in [0.4, 0.5) is 0 Å². The molecule has 1 N–H and O–H groups in total. The monoisotopic (exact) mass is 260 g/mol. The third-order valence-corrected chi connectivity index (χ3v) is 2.73. The molecule has 0 amide bonds. The average molecular weight is 260 g/mol. The normalized spacial score (nSPS) is 10.6. The fourth-order valence-electron chi connectivity index (χ4n) is 1.78. The number of nitrogens with one attached hydrogen (secondary N) is 1. The van der Waals surface area contributed by atoms with E-state index in [0.717, 1.165) is 42.3 Å². The Morgan fingerprint density at radius 2 is 2.11 bits per heavy atom. The first kappa shape index (κ1) is 13.6. The summed E-state index contributed by atoms with van der Waals surface area (Å²) in [5.41, 5.74) is 1.85. The fraction of sp³-hybridized carbons (Fsp3) is 0.400. The van der Waals surface area contributed by atoms with Crippen LogP contribution >= 0.6 is 0 Å². The zero-order valence-corrected chi connectivity index (χ0v) is 11.5. The number of aromatic nitrogens is 1. The molecule has 0 aliphatic heterocycles. The maximum Gasteiger partial charge on any atom is 0.170 e. The number of benzene rings is 1. The molecule has 0 unspecified atom stereocenters. The van der Waals surface area contributed by atoms with Crippen LogP contribution in [0.15, 0.2) is 34.9 Å². The van der Waals surface area contributed by atoms with Crippen molar-refractivity contribution in [3.8, 4) is 17.1 Å². The Balaban J connectivity index is 2.18. The Hall–Kier alpha value is -1.81. The molecule has 1 heterocycles. The molecule has 1 aromatic carbocycles. The Morgan fingerprint density at radius 1 is 1.26 bits per heavy atom. The van der Waals surface area contributed by atoms with Crippen LogP contribution in [0.25, 0.3) is 11.3 Å². The number of ether oxygens (including phenoxy) is 1. The summed E-state index contributed by atoms with van der Waals surface area (Å²) in [5, 5.41) is 7.28. The van der Waals surface area contributed by atoms with Crippen molar-refractivity contribution in [2.24, 2.45) is 0 Å². The maximum atomic E-state index is 5.73. The lowest BCUT2D eigenvalue weighted by Gasteiger charge is -2.07. The summed E-state index contributed by atoms with van der Waals surface area (Å²) in [6.45, 7) is 6.49. The minimum Gasteiger partial charge on any atom is -0.493 e.